The van der Waals surface area contributed by atoms with Crippen LogP contribution in [0.25, 0.3) is 0 Å². The van der Waals surface area contributed by atoms with Crippen LogP contribution < -0.4 is 5.32 Å². The van der Waals surface area contributed by atoms with Gasteiger partial charge in [-0.3, -0.25) is 0 Å². The predicted molar refractivity (Wildman–Crippen MR) is 73.3 cm³/mol. The summed E-state index contributed by atoms with van der Waals surface area (Å²) in [5.41, 5.74) is 1.13. The summed E-state index contributed by atoms with van der Waals surface area (Å²) in [4.78, 5) is 8.53. The molecular weight excluding hydrogens is 210 g/mol. The molecule has 0 aliphatic carbocycles. The lowest BCUT2D eigenvalue weighted by atomic mass is 10.1. The van der Waals surface area contributed by atoms with Gasteiger partial charge in [0.05, 0.1) is 0 Å². The van der Waals surface area contributed by atoms with Gasteiger partial charge in [-0.1, -0.05) is 39.5 Å². The number of aryl methyl sites for hydroxylation is 1. The minimum Gasteiger partial charge on any atom is -0.368 e. The summed E-state index contributed by atoms with van der Waals surface area (Å²) >= 11 is 0. The van der Waals surface area contributed by atoms with Crippen molar-refractivity contribution >= 4 is 5.82 Å². The quantitative estimate of drug-likeness (QED) is 0.696. The fourth-order valence-electron chi connectivity index (χ4n) is 1.89. The van der Waals surface area contributed by atoms with Gasteiger partial charge in [-0.05, 0) is 19.8 Å². The summed E-state index contributed by atoms with van der Waals surface area (Å²) in [6, 6.07) is 2.56. The Hall–Kier alpha value is -1.12. The molecule has 0 fully saturated rings. The molecule has 1 N–H and O–H groups in total. The second kappa shape index (κ2) is 8.04. The van der Waals surface area contributed by atoms with Gasteiger partial charge in [0, 0.05) is 17.8 Å². The van der Waals surface area contributed by atoms with Crippen molar-refractivity contribution in [3.8, 4) is 0 Å². The Labute approximate surface area is 105 Å². The van der Waals surface area contributed by atoms with E-state index < -0.39 is 0 Å². The Morgan fingerprint density at radius 1 is 1.18 bits per heavy atom. The Balaban J connectivity index is 2.41. The van der Waals surface area contributed by atoms with E-state index in [0.717, 1.165) is 24.4 Å². The van der Waals surface area contributed by atoms with E-state index in [1.807, 2.05) is 0 Å². The first-order chi connectivity index (χ1) is 8.26. The summed E-state index contributed by atoms with van der Waals surface area (Å²) in [7, 11) is 0. The SMILES string of the molecule is CCCCCC(C)Nc1cc(CCC)ncn1. The molecule has 1 unspecified atom stereocenters. The molecule has 0 aliphatic rings. The van der Waals surface area contributed by atoms with Gasteiger partial charge >= 0.3 is 0 Å². The van der Waals surface area contributed by atoms with E-state index in [1.54, 1.807) is 6.33 Å². The molecule has 0 aliphatic heterocycles. The second-order valence-corrected chi connectivity index (χ2v) is 4.69. The molecule has 1 atom stereocenters. The van der Waals surface area contributed by atoms with E-state index in [4.69, 9.17) is 0 Å². The van der Waals surface area contributed by atoms with Crippen molar-refractivity contribution in [2.75, 3.05) is 5.32 Å². The van der Waals surface area contributed by atoms with Crippen LogP contribution in [0.1, 0.15) is 58.6 Å². The fraction of sp³-hybridized carbons (Fsp3) is 0.714. The van der Waals surface area contributed by atoms with E-state index in [1.165, 1.54) is 25.7 Å². The topological polar surface area (TPSA) is 37.8 Å². The third-order valence-corrected chi connectivity index (χ3v) is 2.86. The van der Waals surface area contributed by atoms with Crippen LogP contribution in [-0.2, 0) is 6.42 Å². The minimum atomic E-state index is 0.492. The van der Waals surface area contributed by atoms with Crippen LogP contribution in [0.3, 0.4) is 0 Å². The van der Waals surface area contributed by atoms with Crippen molar-refractivity contribution in [3.63, 3.8) is 0 Å². The van der Waals surface area contributed by atoms with Crippen LogP contribution in [-0.4, -0.2) is 16.0 Å². The first-order valence-electron chi connectivity index (χ1n) is 6.83. The average molecular weight is 235 g/mol. The number of nitrogens with zero attached hydrogens (tertiary/aromatic N) is 2. The largest absolute Gasteiger partial charge is 0.368 e. The zero-order valence-corrected chi connectivity index (χ0v) is 11.4. The third kappa shape index (κ3) is 5.66. The van der Waals surface area contributed by atoms with E-state index in [9.17, 15) is 0 Å². The van der Waals surface area contributed by atoms with Gasteiger partial charge in [-0.25, -0.2) is 9.97 Å². The smallest absolute Gasteiger partial charge is 0.129 e. The summed E-state index contributed by atoms with van der Waals surface area (Å²) in [5, 5.41) is 3.45. The van der Waals surface area contributed by atoms with Crippen LogP contribution in [0.5, 0.6) is 0 Å². The predicted octanol–water partition coefficient (Wildman–Crippen LogP) is 3.81. The van der Waals surface area contributed by atoms with Gasteiger partial charge in [0.2, 0.25) is 0 Å². The Kier molecular flexibility index (Phi) is 6.60. The number of aromatic nitrogens is 2. The number of rotatable bonds is 8. The van der Waals surface area contributed by atoms with E-state index in [-0.39, 0.29) is 0 Å². The second-order valence-electron chi connectivity index (χ2n) is 4.69. The lowest BCUT2D eigenvalue weighted by Gasteiger charge is -2.14. The first kappa shape index (κ1) is 13.9. The molecule has 3 heteroatoms. The fourth-order valence-corrected chi connectivity index (χ4v) is 1.89. The molecule has 0 spiro atoms. The third-order valence-electron chi connectivity index (χ3n) is 2.86. The molecule has 17 heavy (non-hydrogen) atoms. The van der Waals surface area contributed by atoms with Crippen LogP contribution in [0.15, 0.2) is 12.4 Å². The van der Waals surface area contributed by atoms with Gasteiger partial charge in [-0.15, -0.1) is 0 Å². The Morgan fingerprint density at radius 3 is 2.71 bits per heavy atom. The first-order valence-corrected chi connectivity index (χ1v) is 6.83. The molecule has 1 aromatic heterocycles. The van der Waals surface area contributed by atoms with Crippen molar-refractivity contribution in [1.82, 2.24) is 9.97 Å². The molecule has 96 valence electrons. The summed E-state index contributed by atoms with van der Waals surface area (Å²) in [6.07, 6.45) is 8.91. The van der Waals surface area contributed by atoms with E-state index >= 15 is 0 Å². The maximum absolute atomic E-state index is 4.27. The molecular formula is C14H25N3. The number of hydrogen-bond acceptors (Lipinski definition) is 3. The molecule has 1 rings (SSSR count). The number of unbranched alkanes of at least 4 members (excludes halogenated alkanes) is 2. The van der Waals surface area contributed by atoms with Gasteiger partial charge in [0.15, 0.2) is 0 Å². The molecule has 0 saturated heterocycles. The number of anilines is 1. The standard InChI is InChI=1S/C14H25N3/c1-4-6-7-9-12(3)17-14-10-13(8-5-2)15-11-16-14/h10-12H,4-9H2,1-3H3,(H,15,16,17). The van der Waals surface area contributed by atoms with E-state index in [2.05, 4.69) is 42.1 Å². The minimum absolute atomic E-state index is 0.492. The van der Waals surface area contributed by atoms with Crippen molar-refractivity contribution in [2.45, 2.75) is 65.3 Å². The maximum Gasteiger partial charge on any atom is 0.129 e. The van der Waals surface area contributed by atoms with Crippen molar-refractivity contribution in [3.05, 3.63) is 18.1 Å². The average Bonchev–Trinajstić information content (AvgIpc) is 2.30. The highest BCUT2D eigenvalue weighted by molar-refractivity contribution is 5.35. The zero-order valence-electron chi connectivity index (χ0n) is 11.4. The number of hydrogen-bond donors (Lipinski definition) is 1. The highest BCUT2D eigenvalue weighted by Crippen LogP contribution is 2.11. The van der Waals surface area contributed by atoms with Gasteiger partial charge in [0.25, 0.3) is 0 Å². The van der Waals surface area contributed by atoms with Crippen LogP contribution in [0.4, 0.5) is 5.82 Å². The van der Waals surface area contributed by atoms with E-state index in [0.29, 0.717) is 6.04 Å². The van der Waals surface area contributed by atoms with Crippen LogP contribution in [0.2, 0.25) is 0 Å². The lowest BCUT2D eigenvalue weighted by molar-refractivity contribution is 0.613. The van der Waals surface area contributed by atoms with Crippen LogP contribution >= 0.6 is 0 Å². The van der Waals surface area contributed by atoms with Crippen molar-refractivity contribution in [1.29, 1.82) is 0 Å². The summed E-state index contributed by atoms with van der Waals surface area (Å²) in [6.45, 7) is 6.62. The molecule has 0 aromatic carbocycles. The van der Waals surface area contributed by atoms with Gasteiger partial charge in [-0.2, -0.15) is 0 Å². The van der Waals surface area contributed by atoms with Gasteiger partial charge in [0.1, 0.15) is 12.1 Å². The van der Waals surface area contributed by atoms with Crippen LogP contribution in [0, 0.1) is 0 Å². The molecule has 0 bridgehead atoms. The Bertz CT molecular complexity index is 312. The number of nitrogens with one attached hydrogen (secondary N) is 1. The maximum atomic E-state index is 4.27. The molecule has 0 saturated carbocycles. The molecule has 0 radical (unpaired) electrons. The van der Waals surface area contributed by atoms with Crippen molar-refractivity contribution in [2.24, 2.45) is 0 Å². The lowest BCUT2D eigenvalue weighted by Crippen LogP contribution is -2.16. The molecule has 1 heterocycles. The van der Waals surface area contributed by atoms with Crippen molar-refractivity contribution < 1.29 is 0 Å². The Morgan fingerprint density at radius 2 is 2.00 bits per heavy atom. The normalized spacial score (nSPS) is 12.4. The molecule has 1 aromatic rings. The highest BCUT2D eigenvalue weighted by atomic mass is 15.0. The zero-order chi connectivity index (χ0) is 12.5. The summed E-state index contributed by atoms with van der Waals surface area (Å²) in [5.74, 6) is 0.965. The molecule has 3 nitrogen and oxygen atoms in total. The molecule has 0 amide bonds. The summed E-state index contributed by atoms with van der Waals surface area (Å²) < 4.78 is 0. The van der Waals surface area contributed by atoms with Gasteiger partial charge < -0.3 is 5.32 Å². The monoisotopic (exact) mass is 235 g/mol. The highest BCUT2D eigenvalue weighted by Gasteiger charge is 2.03.